The number of hydrogen-bond donors (Lipinski definition) is 1. The summed E-state index contributed by atoms with van der Waals surface area (Å²) in [5.74, 6) is 1.54. The molecule has 3 aromatic rings. The van der Waals surface area contributed by atoms with Crippen LogP contribution in [-0.4, -0.2) is 25.8 Å². The number of carbonyl (C=O) groups is 1. The Morgan fingerprint density at radius 3 is 2.46 bits per heavy atom. The van der Waals surface area contributed by atoms with Crippen molar-refractivity contribution in [1.29, 1.82) is 0 Å². The van der Waals surface area contributed by atoms with Gasteiger partial charge < -0.3 is 14.2 Å². The van der Waals surface area contributed by atoms with Crippen LogP contribution in [0.5, 0.6) is 17.2 Å². The average molecular weight is 539 g/mol. The fourth-order valence-electron chi connectivity index (χ4n) is 3.38. The van der Waals surface area contributed by atoms with E-state index in [1.165, 1.54) is 5.56 Å². The quantitative estimate of drug-likeness (QED) is 0.261. The molecule has 0 saturated heterocycles. The second-order valence-electron chi connectivity index (χ2n) is 9.10. The normalized spacial score (nSPS) is 11.4. The summed E-state index contributed by atoms with van der Waals surface area (Å²) >= 11 is 3.49. The summed E-state index contributed by atoms with van der Waals surface area (Å²) in [5, 5.41) is 4.04. The van der Waals surface area contributed by atoms with Gasteiger partial charge in [0.15, 0.2) is 18.1 Å². The maximum absolute atomic E-state index is 12.3. The highest BCUT2D eigenvalue weighted by Gasteiger charge is 2.20. The van der Waals surface area contributed by atoms with Crippen LogP contribution in [0.3, 0.4) is 0 Å². The number of methoxy groups -OCH3 is 1. The molecule has 0 fully saturated rings. The van der Waals surface area contributed by atoms with Crippen LogP contribution < -0.4 is 19.6 Å². The van der Waals surface area contributed by atoms with E-state index >= 15 is 0 Å². The van der Waals surface area contributed by atoms with Gasteiger partial charge in [-0.05, 0) is 65.4 Å². The molecule has 0 saturated carbocycles. The lowest BCUT2D eigenvalue weighted by atomic mass is 9.86. The standard InChI is InChI=1S/C28H31BrN2O4/c1-19-8-6-7-9-21(19)17-34-25-12-10-20(14-26(25)33-5)16-30-31-27(32)18-35-24-13-11-22(29)15-23(24)28(2,3)4/h6-16H,17-18H2,1-5H3,(H,31,32)/b30-16+. The minimum Gasteiger partial charge on any atom is -0.493 e. The van der Waals surface area contributed by atoms with E-state index in [4.69, 9.17) is 14.2 Å². The molecule has 7 heteroatoms. The maximum atomic E-state index is 12.3. The summed E-state index contributed by atoms with van der Waals surface area (Å²) < 4.78 is 18.1. The van der Waals surface area contributed by atoms with Gasteiger partial charge in [0.05, 0.1) is 13.3 Å². The Kier molecular flexibility index (Phi) is 8.93. The number of nitrogens with one attached hydrogen (secondary N) is 1. The highest BCUT2D eigenvalue weighted by molar-refractivity contribution is 9.10. The Morgan fingerprint density at radius 1 is 1.00 bits per heavy atom. The minimum atomic E-state index is -0.353. The van der Waals surface area contributed by atoms with Gasteiger partial charge in [-0.25, -0.2) is 5.43 Å². The molecule has 0 atom stereocenters. The molecule has 184 valence electrons. The first-order valence-electron chi connectivity index (χ1n) is 11.3. The molecule has 3 rings (SSSR count). The lowest BCUT2D eigenvalue weighted by Gasteiger charge is -2.23. The summed E-state index contributed by atoms with van der Waals surface area (Å²) in [7, 11) is 1.59. The van der Waals surface area contributed by atoms with Gasteiger partial charge >= 0.3 is 0 Å². The zero-order valence-corrected chi connectivity index (χ0v) is 22.3. The number of carbonyl (C=O) groups excluding carboxylic acids is 1. The second-order valence-corrected chi connectivity index (χ2v) is 10.0. The molecule has 35 heavy (non-hydrogen) atoms. The van der Waals surface area contributed by atoms with E-state index in [1.807, 2.05) is 48.5 Å². The van der Waals surface area contributed by atoms with Crippen LogP contribution >= 0.6 is 15.9 Å². The highest BCUT2D eigenvalue weighted by Crippen LogP contribution is 2.33. The zero-order chi connectivity index (χ0) is 25.4. The first-order chi connectivity index (χ1) is 16.7. The van der Waals surface area contributed by atoms with Crippen LogP contribution in [0.15, 0.2) is 70.2 Å². The summed E-state index contributed by atoms with van der Waals surface area (Å²) in [5.41, 5.74) is 6.43. The zero-order valence-electron chi connectivity index (χ0n) is 20.7. The van der Waals surface area contributed by atoms with Gasteiger partial charge in [-0.15, -0.1) is 0 Å². The number of amides is 1. The lowest BCUT2D eigenvalue weighted by Crippen LogP contribution is -2.25. The van der Waals surface area contributed by atoms with Crippen molar-refractivity contribution in [2.24, 2.45) is 5.10 Å². The number of nitrogens with zero attached hydrogens (tertiary/aromatic N) is 1. The topological polar surface area (TPSA) is 69.2 Å². The third-order valence-corrected chi connectivity index (χ3v) is 5.84. The fourth-order valence-corrected chi connectivity index (χ4v) is 3.74. The molecule has 0 aliphatic rings. The fraction of sp³-hybridized carbons (Fsp3) is 0.286. The molecule has 0 aliphatic heterocycles. The highest BCUT2D eigenvalue weighted by atomic mass is 79.9. The van der Waals surface area contributed by atoms with E-state index in [2.05, 4.69) is 60.2 Å². The molecule has 1 N–H and O–H groups in total. The molecule has 0 radical (unpaired) electrons. The molecule has 3 aromatic carbocycles. The minimum absolute atomic E-state index is 0.122. The van der Waals surface area contributed by atoms with Gasteiger partial charge in [-0.3, -0.25) is 4.79 Å². The van der Waals surface area contributed by atoms with Gasteiger partial charge in [0.25, 0.3) is 5.91 Å². The Balaban J connectivity index is 1.56. The van der Waals surface area contributed by atoms with Crippen molar-refractivity contribution < 1.29 is 19.0 Å². The first kappa shape index (κ1) is 26.3. The van der Waals surface area contributed by atoms with Gasteiger partial charge in [-0.1, -0.05) is 61.0 Å². The van der Waals surface area contributed by atoms with Crippen LogP contribution in [0.1, 0.15) is 43.0 Å². The van der Waals surface area contributed by atoms with Crippen molar-refractivity contribution in [2.45, 2.75) is 39.7 Å². The Bertz CT molecular complexity index is 1200. The van der Waals surface area contributed by atoms with Gasteiger partial charge in [-0.2, -0.15) is 5.10 Å². The Morgan fingerprint density at radius 2 is 1.74 bits per heavy atom. The second kappa shape index (κ2) is 11.9. The predicted molar refractivity (Wildman–Crippen MR) is 143 cm³/mol. The van der Waals surface area contributed by atoms with E-state index in [1.54, 1.807) is 19.4 Å². The van der Waals surface area contributed by atoms with Crippen molar-refractivity contribution in [3.05, 3.63) is 87.4 Å². The molecule has 0 aromatic heterocycles. The monoisotopic (exact) mass is 538 g/mol. The third-order valence-electron chi connectivity index (χ3n) is 5.34. The molecule has 0 spiro atoms. The van der Waals surface area contributed by atoms with E-state index in [9.17, 15) is 4.79 Å². The van der Waals surface area contributed by atoms with Crippen molar-refractivity contribution >= 4 is 28.1 Å². The van der Waals surface area contributed by atoms with Gasteiger partial charge in [0.1, 0.15) is 12.4 Å². The molecule has 0 unspecified atom stereocenters. The van der Waals surface area contributed by atoms with Gasteiger partial charge in [0, 0.05) is 10.0 Å². The van der Waals surface area contributed by atoms with E-state index in [0.29, 0.717) is 23.9 Å². The van der Waals surface area contributed by atoms with E-state index < -0.39 is 0 Å². The predicted octanol–water partition coefficient (Wildman–Crippen LogP) is 6.17. The van der Waals surface area contributed by atoms with Crippen molar-refractivity contribution in [2.75, 3.05) is 13.7 Å². The van der Waals surface area contributed by atoms with E-state index in [0.717, 1.165) is 21.2 Å². The first-order valence-corrected chi connectivity index (χ1v) is 12.1. The average Bonchev–Trinajstić information content (AvgIpc) is 2.82. The van der Waals surface area contributed by atoms with Crippen LogP contribution in [0, 0.1) is 6.92 Å². The summed E-state index contributed by atoms with van der Waals surface area (Å²) in [6.45, 7) is 8.65. The summed E-state index contributed by atoms with van der Waals surface area (Å²) in [4.78, 5) is 12.3. The number of hydrogen-bond acceptors (Lipinski definition) is 5. The lowest BCUT2D eigenvalue weighted by molar-refractivity contribution is -0.123. The van der Waals surface area contributed by atoms with E-state index in [-0.39, 0.29) is 17.9 Å². The molecular weight excluding hydrogens is 508 g/mol. The summed E-state index contributed by atoms with van der Waals surface area (Å²) in [6.07, 6.45) is 1.55. The molecule has 6 nitrogen and oxygen atoms in total. The number of benzene rings is 3. The molecule has 0 aliphatic carbocycles. The number of aryl methyl sites for hydroxylation is 1. The molecule has 0 heterocycles. The Hall–Kier alpha value is -3.32. The van der Waals surface area contributed by atoms with Gasteiger partial charge in [0.2, 0.25) is 0 Å². The van der Waals surface area contributed by atoms with Crippen LogP contribution in [0.2, 0.25) is 0 Å². The number of ether oxygens (including phenoxy) is 3. The Labute approximate surface area is 215 Å². The number of rotatable bonds is 9. The van der Waals surface area contributed by atoms with Crippen molar-refractivity contribution in [1.82, 2.24) is 5.43 Å². The van der Waals surface area contributed by atoms with Crippen molar-refractivity contribution in [3.8, 4) is 17.2 Å². The third kappa shape index (κ3) is 7.59. The van der Waals surface area contributed by atoms with Crippen molar-refractivity contribution in [3.63, 3.8) is 0 Å². The number of hydrazone groups is 1. The number of halogens is 1. The maximum Gasteiger partial charge on any atom is 0.277 e. The summed E-state index contributed by atoms with van der Waals surface area (Å²) in [6, 6.07) is 19.3. The van der Waals surface area contributed by atoms with Crippen LogP contribution in [-0.2, 0) is 16.8 Å². The molecular formula is C28H31BrN2O4. The smallest absolute Gasteiger partial charge is 0.277 e. The van der Waals surface area contributed by atoms with Crippen LogP contribution in [0.4, 0.5) is 0 Å². The largest absolute Gasteiger partial charge is 0.493 e. The molecule has 1 amide bonds. The van der Waals surface area contributed by atoms with Crippen LogP contribution in [0.25, 0.3) is 0 Å². The molecule has 0 bridgehead atoms. The SMILES string of the molecule is COc1cc(/C=N/NC(=O)COc2ccc(Br)cc2C(C)(C)C)ccc1OCc1ccccc1C.